The first kappa shape index (κ1) is 15.8. The Morgan fingerprint density at radius 2 is 1.79 bits per heavy atom. The van der Waals surface area contributed by atoms with Gasteiger partial charge in [-0.05, 0) is 36.8 Å². The van der Waals surface area contributed by atoms with E-state index in [1.54, 1.807) is 0 Å². The van der Waals surface area contributed by atoms with Crippen molar-refractivity contribution in [3.8, 4) is 5.69 Å². The Balaban J connectivity index is 1.49. The van der Waals surface area contributed by atoms with Gasteiger partial charge >= 0.3 is 6.03 Å². The molecule has 3 aromatic rings. The van der Waals surface area contributed by atoms with Gasteiger partial charge in [0.1, 0.15) is 0 Å². The summed E-state index contributed by atoms with van der Waals surface area (Å²) in [5.74, 6) is 0. The zero-order chi connectivity index (χ0) is 16.8. The van der Waals surface area contributed by atoms with Crippen molar-refractivity contribution in [1.29, 1.82) is 0 Å². The minimum Gasteiger partial charge on any atom is -0.337 e. The molecule has 0 aliphatic heterocycles. The molecule has 2 N–H and O–H groups in total. The van der Waals surface area contributed by atoms with Gasteiger partial charge in [0.2, 0.25) is 0 Å². The molecule has 122 valence electrons. The van der Waals surface area contributed by atoms with E-state index in [2.05, 4.69) is 15.7 Å². The number of carbonyl (C=O) groups is 1. The molecule has 0 unspecified atom stereocenters. The molecule has 0 saturated carbocycles. The first-order chi connectivity index (χ1) is 11.7. The molecule has 0 fully saturated rings. The summed E-state index contributed by atoms with van der Waals surface area (Å²) in [6.45, 7) is 2.50. The number of nitrogens with zero attached hydrogens (tertiary/aromatic N) is 2. The van der Waals surface area contributed by atoms with Gasteiger partial charge in [0, 0.05) is 24.8 Å². The molecular weight excluding hydrogens is 300 g/mol. The van der Waals surface area contributed by atoms with Crippen LogP contribution in [0.2, 0.25) is 0 Å². The SMILES string of the molecule is Cc1ccccc1NC(=O)NCCc1ccn(-c2ccccc2)n1. The number of amides is 2. The van der Waals surface area contributed by atoms with Crippen LogP contribution in [0.15, 0.2) is 66.9 Å². The summed E-state index contributed by atoms with van der Waals surface area (Å²) in [6.07, 6.45) is 2.61. The zero-order valence-corrected chi connectivity index (χ0v) is 13.6. The predicted molar refractivity (Wildman–Crippen MR) is 95.5 cm³/mol. The number of hydrogen-bond donors (Lipinski definition) is 2. The van der Waals surface area contributed by atoms with E-state index in [9.17, 15) is 4.79 Å². The molecule has 1 aromatic heterocycles. The van der Waals surface area contributed by atoms with E-state index in [0.717, 1.165) is 22.6 Å². The summed E-state index contributed by atoms with van der Waals surface area (Å²) in [7, 11) is 0. The van der Waals surface area contributed by atoms with Gasteiger partial charge in [-0.3, -0.25) is 0 Å². The molecule has 5 nitrogen and oxygen atoms in total. The maximum absolute atomic E-state index is 11.9. The maximum Gasteiger partial charge on any atom is 0.319 e. The van der Waals surface area contributed by atoms with Crippen LogP contribution in [0.25, 0.3) is 5.69 Å². The molecule has 0 atom stereocenters. The fraction of sp³-hybridized carbons (Fsp3) is 0.158. The highest BCUT2D eigenvalue weighted by molar-refractivity contribution is 5.89. The molecule has 0 spiro atoms. The minimum atomic E-state index is -0.202. The van der Waals surface area contributed by atoms with Crippen molar-refractivity contribution in [2.24, 2.45) is 0 Å². The van der Waals surface area contributed by atoms with Gasteiger partial charge in [0.25, 0.3) is 0 Å². The normalized spacial score (nSPS) is 10.4. The average Bonchev–Trinajstić information content (AvgIpc) is 3.07. The number of para-hydroxylation sites is 2. The van der Waals surface area contributed by atoms with E-state index >= 15 is 0 Å². The van der Waals surface area contributed by atoms with Crippen LogP contribution < -0.4 is 10.6 Å². The second kappa shape index (κ2) is 7.46. The summed E-state index contributed by atoms with van der Waals surface area (Å²) in [4.78, 5) is 11.9. The van der Waals surface area contributed by atoms with Crippen molar-refractivity contribution in [3.05, 3.63) is 78.1 Å². The van der Waals surface area contributed by atoms with Gasteiger partial charge in [-0.2, -0.15) is 5.10 Å². The third-order valence-corrected chi connectivity index (χ3v) is 3.73. The Kier molecular flexibility index (Phi) is 4.91. The summed E-state index contributed by atoms with van der Waals surface area (Å²) in [5.41, 5.74) is 3.82. The first-order valence-corrected chi connectivity index (χ1v) is 7.93. The van der Waals surface area contributed by atoms with Crippen LogP contribution in [0, 0.1) is 6.92 Å². The predicted octanol–water partition coefficient (Wildman–Crippen LogP) is 3.54. The maximum atomic E-state index is 11.9. The van der Waals surface area contributed by atoms with E-state index in [4.69, 9.17) is 0 Å². The van der Waals surface area contributed by atoms with Crippen molar-refractivity contribution in [2.45, 2.75) is 13.3 Å². The number of urea groups is 1. The van der Waals surface area contributed by atoms with Crippen molar-refractivity contribution in [2.75, 3.05) is 11.9 Å². The van der Waals surface area contributed by atoms with Crippen LogP contribution >= 0.6 is 0 Å². The summed E-state index contributed by atoms with van der Waals surface area (Å²) in [5, 5.41) is 10.2. The lowest BCUT2D eigenvalue weighted by Gasteiger charge is -2.09. The lowest BCUT2D eigenvalue weighted by molar-refractivity contribution is 0.252. The highest BCUT2D eigenvalue weighted by Gasteiger charge is 2.05. The molecule has 0 bridgehead atoms. The van der Waals surface area contributed by atoms with Crippen LogP contribution in [-0.4, -0.2) is 22.4 Å². The topological polar surface area (TPSA) is 59.0 Å². The number of anilines is 1. The molecule has 0 saturated heterocycles. The number of carbonyl (C=O) groups excluding carboxylic acids is 1. The Morgan fingerprint density at radius 1 is 1.04 bits per heavy atom. The third kappa shape index (κ3) is 4.01. The Morgan fingerprint density at radius 3 is 2.58 bits per heavy atom. The summed E-state index contributed by atoms with van der Waals surface area (Å²) < 4.78 is 1.84. The molecule has 1 heterocycles. The highest BCUT2D eigenvalue weighted by Crippen LogP contribution is 2.12. The number of benzene rings is 2. The van der Waals surface area contributed by atoms with Gasteiger partial charge < -0.3 is 10.6 Å². The molecule has 0 radical (unpaired) electrons. The third-order valence-electron chi connectivity index (χ3n) is 3.73. The molecular formula is C19H20N4O. The largest absolute Gasteiger partial charge is 0.337 e. The number of hydrogen-bond acceptors (Lipinski definition) is 2. The van der Waals surface area contributed by atoms with Crippen LogP contribution in [0.1, 0.15) is 11.3 Å². The number of aryl methyl sites for hydroxylation is 1. The minimum absolute atomic E-state index is 0.202. The molecule has 2 amide bonds. The van der Waals surface area contributed by atoms with Crippen LogP contribution in [0.4, 0.5) is 10.5 Å². The smallest absolute Gasteiger partial charge is 0.319 e. The van der Waals surface area contributed by atoms with Crippen molar-refractivity contribution < 1.29 is 4.79 Å². The monoisotopic (exact) mass is 320 g/mol. The lowest BCUT2D eigenvalue weighted by atomic mass is 10.2. The fourth-order valence-electron chi connectivity index (χ4n) is 2.40. The summed E-state index contributed by atoms with van der Waals surface area (Å²) in [6, 6.07) is 19.4. The molecule has 5 heteroatoms. The molecule has 3 rings (SSSR count). The van der Waals surface area contributed by atoms with Gasteiger partial charge in [0.15, 0.2) is 0 Å². The quantitative estimate of drug-likeness (QED) is 0.755. The van der Waals surface area contributed by atoms with Gasteiger partial charge in [-0.15, -0.1) is 0 Å². The second-order valence-corrected chi connectivity index (χ2v) is 5.53. The Bertz CT molecular complexity index is 811. The molecule has 0 aliphatic rings. The number of rotatable bonds is 5. The van der Waals surface area contributed by atoms with E-state index in [1.807, 2.05) is 78.5 Å². The molecule has 0 aliphatic carbocycles. The standard InChI is InChI=1S/C19H20N4O/c1-15-7-5-6-10-18(15)21-19(24)20-13-11-16-12-14-23(22-16)17-8-3-2-4-9-17/h2-10,12,14H,11,13H2,1H3,(H2,20,21,24). The van der Waals surface area contributed by atoms with Crippen molar-refractivity contribution in [1.82, 2.24) is 15.1 Å². The second-order valence-electron chi connectivity index (χ2n) is 5.53. The lowest BCUT2D eigenvalue weighted by Crippen LogP contribution is -2.30. The fourth-order valence-corrected chi connectivity index (χ4v) is 2.40. The molecule has 24 heavy (non-hydrogen) atoms. The Labute approximate surface area is 141 Å². The number of nitrogens with one attached hydrogen (secondary N) is 2. The van der Waals surface area contributed by atoms with Gasteiger partial charge in [-0.25, -0.2) is 9.48 Å². The van der Waals surface area contributed by atoms with Crippen LogP contribution in [0.3, 0.4) is 0 Å². The van der Waals surface area contributed by atoms with Crippen LogP contribution in [0.5, 0.6) is 0 Å². The van der Waals surface area contributed by atoms with Crippen molar-refractivity contribution >= 4 is 11.7 Å². The van der Waals surface area contributed by atoms with Crippen molar-refractivity contribution in [3.63, 3.8) is 0 Å². The summed E-state index contributed by atoms with van der Waals surface area (Å²) >= 11 is 0. The van der Waals surface area contributed by atoms with Gasteiger partial charge in [0.05, 0.1) is 11.4 Å². The van der Waals surface area contributed by atoms with E-state index in [1.165, 1.54) is 0 Å². The van der Waals surface area contributed by atoms with Crippen LogP contribution in [-0.2, 0) is 6.42 Å². The Hall–Kier alpha value is -3.08. The highest BCUT2D eigenvalue weighted by atomic mass is 16.2. The zero-order valence-electron chi connectivity index (χ0n) is 13.6. The number of aromatic nitrogens is 2. The van der Waals surface area contributed by atoms with E-state index in [-0.39, 0.29) is 6.03 Å². The average molecular weight is 320 g/mol. The van der Waals surface area contributed by atoms with Gasteiger partial charge in [-0.1, -0.05) is 36.4 Å². The van der Waals surface area contributed by atoms with E-state index in [0.29, 0.717) is 13.0 Å². The van der Waals surface area contributed by atoms with E-state index < -0.39 is 0 Å². The molecule has 2 aromatic carbocycles. The first-order valence-electron chi connectivity index (χ1n) is 7.93.